The van der Waals surface area contributed by atoms with Crippen LogP contribution in [0.1, 0.15) is 16.1 Å². The highest BCUT2D eigenvalue weighted by Crippen LogP contribution is 2.26. The van der Waals surface area contributed by atoms with Crippen molar-refractivity contribution in [3.8, 4) is 0 Å². The lowest BCUT2D eigenvalue weighted by Crippen LogP contribution is -2.52. The van der Waals surface area contributed by atoms with Crippen molar-refractivity contribution in [1.29, 1.82) is 0 Å². The number of carbonyl (C=O) groups excluding carboxylic acids is 1. The number of methoxy groups -OCH3 is 1. The molecule has 0 radical (unpaired) electrons. The molecule has 0 spiro atoms. The van der Waals surface area contributed by atoms with Gasteiger partial charge in [-0.15, -0.1) is 0 Å². The Morgan fingerprint density at radius 3 is 2.73 bits per heavy atom. The third kappa shape index (κ3) is 1.52. The molecule has 1 fully saturated rings. The third-order valence-corrected chi connectivity index (χ3v) is 2.84. The van der Waals surface area contributed by atoms with E-state index in [1.807, 2.05) is 14.0 Å². The molecule has 5 nitrogen and oxygen atoms in total. The van der Waals surface area contributed by atoms with Crippen molar-refractivity contribution in [2.24, 2.45) is 7.05 Å². The van der Waals surface area contributed by atoms with Crippen molar-refractivity contribution in [3.05, 3.63) is 11.3 Å². The maximum atomic E-state index is 10.9. The Kier molecular flexibility index (Phi) is 2.48. The lowest BCUT2D eigenvalue weighted by molar-refractivity contribution is 0.0777. The second-order valence-corrected chi connectivity index (χ2v) is 3.83. The highest BCUT2D eigenvalue weighted by molar-refractivity contribution is 5.85. The van der Waals surface area contributed by atoms with Crippen LogP contribution < -0.4 is 4.90 Å². The first-order valence-electron chi connectivity index (χ1n) is 4.94. The molecular weight excluding hydrogens is 194 g/mol. The van der Waals surface area contributed by atoms with Crippen LogP contribution >= 0.6 is 0 Å². The number of rotatable bonds is 3. The zero-order chi connectivity index (χ0) is 11.0. The predicted molar refractivity (Wildman–Crippen MR) is 56.3 cm³/mol. The van der Waals surface area contributed by atoms with E-state index in [9.17, 15) is 4.79 Å². The molecule has 0 unspecified atom stereocenters. The number of aryl methyl sites for hydroxylation is 2. The van der Waals surface area contributed by atoms with Crippen LogP contribution in [0.15, 0.2) is 0 Å². The number of ether oxygens (including phenoxy) is 1. The zero-order valence-corrected chi connectivity index (χ0v) is 9.23. The van der Waals surface area contributed by atoms with E-state index in [1.54, 1.807) is 11.8 Å². The molecule has 0 bridgehead atoms. The summed E-state index contributed by atoms with van der Waals surface area (Å²) in [4.78, 5) is 13.1. The van der Waals surface area contributed by atoms with Gasteiger partial charge in [0, 0.05) is 27.2 Å². The van der Waals surface area contributed by atoms with Crippen LogP contribution in [0.5, 0.6) is 0 Å². The molecule has 1 aromatic heterocycles. The molecule has 1 saturated heterocycles. The molecule has 2 rings (SSSR count). The normalized spacial score (nSPS) is 16.6. The molecule has 1 aliphatic rings. The number of hydrogen-bond donors (Lipinski definition) is 0. The van der Waals surface area contributed by atoms with E-state index in [2.05, 4.69) is 10.00 Å². The van der Waals surface area contributed by atoms with E-state index in [-0.39, 0.29) is 6.10 Å². The average molecular weight is 209 g/mol. The van der Waals surface area contributed by atoms with Gasteiger partial charge in [0.1, 0.15) is 5.82 Å². The van der Waals surface area contributed by atoms with E-state index in [0.717, 1.165) is 30.9 Å². The monoisotopic (exact) mass is 209 g/mol. The number of anilines is 1. The van der Waals surface area contributed by atoms with Gasteiger partial charge >= 0.3 is 0 Å². The number of nitrogens with zero attached hydrogens (tertiary/aromatic N) is 3. The van der Waals surface area contributed by atoms with Crippen molar-refractivity contribution in [1.82, 2.24) is 9.78 Å². The Morgan fingerprint density at radius 2 is 2.20 bits per heavy atom. The molecular formula is C10H15N3O2. The summed E-state index contributed by atoms with van der Waals surface area (Å²) >= 11 is 0. The number of aromatic nitrogens is 2. The Bertz CT molecular complexity index is 380. The average Bonchev–Trinajstić information content (AvgIpc) is 2.40. The van der Waals surface area contributed by atoms with Crippen molar-refractivity contribution in [2.45, 2.75) is 13.0 Å². The van der Waals surface area contributed by atoms with Crippen LogP contribution in [0.2, 0.25) is 0 Å². The van der Waals surface area contributed by atoms with Crippen molar-refractivity contribution >= 4 is 12.1 Å². The topological polar surface area (TPSA) is 47.4 Å². The van der Waals surface area contributed by atoms with Crippen LogP contribution in [0.4, 0.5) is 5.82 Å². The molecule has 0 saturated carbocycles. The Balaban J connectivity index is 2.25. The van der Waals surface area contributed by atoms with E-state index in [1.165, 1.54) is 0 Å². The molecule has 1 aromatic rings. The SMILES string of the molecule is COC1CN(c2c(C=O)c(C)nn2C)C1. The molecule has 1 aliphatic heterocycles. The minimum atomic E-state index is 0.278. The first kappa shape index (κ1) is 10.2. The van der Waals surface area contributed by atoms with Gasteiger partial charge in [0.15, 0.2) is 6.29 Å². The first-order chi connectivity index (χ1) is 7.17. The van der Waals surface area contributed by atoms with Crippen LogP contribution in [0.3, 0.4) is 0 Å². The summed E-state index contributed by atoms with van der Waals surface area (Å²) < 4.78 is 6.95. The second kappa shape index (κ2) is 3.66. The Labute approximate surface area is 88.6 Å². The van der Waals surface area contributed by atoms with Gasteiger partial charge in [-0.3, -0.25) is 9.48 Å². The maximum absolute atomic E-state index is 10.9. The van der Waals surface area contributed by atoms with Gasteiger partial charge in [-0.05, 0) is 6.92 Å². The summed E-state index contributed by atoms with van der Waals surface area (Å²) in [6, 6.07) is 0. The van der Waals surface area contributed by atoms with Crippen LogP contribution in [0, 0.1) is 6.92 Å². The molecule has 0 amide bonds. The summed E-state index contributed by atoms with van der Waals surface area (Å²) in [5, 5.41) is 4.24. The fourth-order valence-corrected chi connectivity index (χ4v) is 1.94. The molecule has 0 aromatic carbocycles. The molecule has 0 atom stereocenters. The molecule has 2 heterocycles. The Hall–Kier alpha value is -1.36. The summed E-state index contributed by atoms with van der Waals surface area (Å²) in [6.07, 6.45) is 1.15. The predicted octanol–water partition coefficient (Wildman–Crippen LogP) is 0.376. The fourth-order valence-electron chi connectivity index (χ4n) is 1.94. The van der Waals surface area contributed by atoms with Gasteiger partial charge in [-0.25, -0.2) is 0 Å². The summed E-state index contributed by atoms with van der Waals surface area (Å²) in [5.41, 5.74) is 1.47. The van der Waals surface area contributed by atoms with E-state index in [0.29, 0.717) is 5.56 Å². The Morgan fingerprint density at radius 1 is 1.53 bits per heavy atom. The molecule has 82 valence electrons. The minimum Gasteiger partial charge on any atom is -0.378 e. The number of hydrogen-bond acceptors (Lipinski definition) is 4. The standard InChI is InChI=1S/C10H15N3O2/c1-7-9(6-14)10(12(2)11-7)13-4-8(5-13)15-3/h6,8H,4-5H2,1-3H3. The molecule has 15 heavy (non-hydrogen) atoms. The summed E-state index contributed by atoms with van der Waals surface area (Å²) in [5.74, 6) is 0.899. The third-order valence-electron chi connectivity index (χ3n) is 2.84. The fraction of sp³-hybridized carbons (Fsp3) is 0.600. The van der Waals surface area contributed by atoms with Gasteiger partial charge in [0.05, 0.1) is 17.4 Å². The van der Waals surface area contributed by atoms with Gasteiger partial charge < -0.3 is 9.64 Å². The lowest BCUT2D eigenvalue weighted by Gasteiger charge is -2.39. The highest BCUT2D eigenvalue weighted by Gasteiger charge is 2.31. The largest absolute Gasteiger partial charge is 0.378 e. The summed E-state index contributed by atoms with van der Waals surface area (Å²) in [7, 11) is 3.56. The number of carbonyl (C=O) groups is 1. The highest BCUT2D eigenvalue weighted by atomic mass is 16.5. The smallest absolute Gasteiger partial charge is 0.155 e. The number of aldehydes is 1. The van der Waals surface area contributed by atoms with Crippen LogP contribution in [-0.4, -0.2) is 42.4 Å². The van der Waals surface area contributed by atoms with E-state index >= 15 is 0 Å². The quantitative estimate of drug-likeness (QED) is 0.675. The maximum Gasteiger partial charge on any atom is 0.155 e. The zero-order valence-electron chi connectivity index (χ0n) is 9.23. The van der Waals surface area contributed by atoms with Crippen molar-refractivity contribution < 1.29 is 9.53 Å². The van der Waals surface area contributed by atoms with E-state index < -0.39 is 0 Å². The minimum absolute atomic E-state index is 0.278. The van der Waals surface area contributed by atoms with Crippen molar-refractivity contribution in [2.75, 3.05) is 25.1 Å². The lowest BCUT2D eigenvalue weighted by atomic mass is 10.1. The summed E-state index contributed by atoms with van der Waals surface area (Å²) in [6.45, 7) is 3.51. The second-order valence-electron chi connectivity index (χ2n) is 3.83. The van der Waals surface area contributed by atoms with Gasteiger partial charge in [-0.2, -0.15) is 5.10 Å². The molecule has 0 N–H and O–H groups in total. The van der Waals surface area contributed by atoms with Crippen molar-refractivity contribution in [3.63, 3.8) is 0 Å². The molecule has 5 heteroatoms. The van der Waals surface area contributed by atoms with Gasteiger partial charge in [0.25, 0.3) is 0 Å². The first-order valence-corrected chi connectivity index (χ1v) is 4.94. The van der Waals surface area contributed by atoms with Crippen LogP contribution in [0.25, 0.3) is 0 Å². The van der Waals surface area contributed by atoms with E-state index in [4.69, 9.17) is 4.74 Å². The van der Waals surface area contributed by atoms with Gasteiger partial charge in [-0.1, -0.05) is 0 Å². The molecule has 0 aliphatic carbocycles. The van der Waals surface area contributed by atoms with Crippen LogP contribution in [-0.2, 0) is 11.8 Å². The van der Waals surface area contributed by atoms with Gasteiger partial charge in [0.2, 0.25) is 0 Å².